The van der Waals surface area contributed by atoms with Crippen molar-refractivity contribution in [3.8, 4) is 5.88 Å². The third-order valence-electron chi connectivity index (χ3n) is 4.54. The van der Waals surface area contributed by atoms with Gasteiger partial charge in [0.2, 0.25) is 5.88 Å². The monoisotopic (exact) mass is 479 g/mol. The molecule has 26 heavy (non-hydrogen) atoms. The van der Waals surface area contributed by atoms with Crippen molar-refractivity contribution in [1.82, 2.24) is 9.97 Å². The van der Waals surface area contributed by atoms with Crippen molar-refractivity contribution >= 4 is 55.7 Å². The minimum absolute atomic E-state index is 0.0713. The average Bonchev–Trinajstić information content (AvgIpc) is 3.00. The Bertz CT molecular complexity index is 973. The highest BCUT2D eigenvalue weighted by Gasteiger charge is 2.23. The number of carbonyl (C=O) groups excluding carboxylic acids is 1. The van der Waals surface area contributed by atoms with Crippen molar-refractivity contribution in [3.63, 3.8) is 0 Å². The van der Waals surface area contributed by atoms with E-state index >= 15 is 0 Å². The summed E-state index contributed by atoms with van der Waals surface area (Å²) in [5.74, 6) is 1.02. The largest absolute Gasteiger partial charge is 0.467 e. The number of anilines is 1. The van der Waals surface area contributed by atoms with Crippen LogP contribution >= 0.6 is 33.9 Å². The maximum Gasteiger partial charge on any atom is 0.262 e. The van der Waals surface area contributed by atoms with Crippen molar-refractivity contribution in [2.75, 3.05) is 11.9 Å². The maximum absolute atomic E-state index is 12.3. The number of thiophene rings is 1. The second-order valence-electron chi connectivity index (χ2n) is 6.53. The lowest BCUT2D eigenvalue weighted by atomic mass is 9.89. The molecule has 1 aliphatic rings. The van der Waals surface area contributed by atoms with Gasteiger partial charge in [-0.15, -0.1) is 11.3 Å². The first-order valence-corrected chi connectivity index (χ1v) is 10.4. The third kappa shape index (κ3) is 3.55. The number of benzene rings is 1. The molecule has 0 radical (unpaired) electrons. The van der Waals surface area contributed by atoms with Gasteiger partial charge in [-0.3, -0.25) is 4.79 Å². The summed E-state index contributed by atoms with van der Waals surface area (Å²) in [7, 11) is 0. The molecule has 0 saturated heterocycles. The lowest BCUT2D eigenvalue weighted by Crippen LogP contribution is -2.21. The molecule has 1 aromatic carbocycles. The van der Waals surface area contributed by atoms with Crippen LogP contribution in [-0.4, -0.2) is 22.5 Å². The van der Waals surface area contributed by atoms with E-state index in [1.807, 2.05) is 24.3 Å². The molecule has 1 N–H and O–H groups in total. The standard InChI is InChI=1S/C19H18IN3O2S/c1-11-6-7-12-15(8-11)26-19-17(12)18(21-10-22-19)25-9-16(24)23-14-5-3-2-4-13(14)20/h2-5,10-11H,6-9H2,1H3,(H,23,24). The molecule has 3 aromatic rings. The summed E-state index contributed by atoms with van der Waals surface area (Å²) < 4.78 is 6.78. The topological polar surface area (TPSA) is 64.1 Å². The first-order chi connectivity index (χ1) is 12.6. The Morgan fingerprint density at radius 1 is 1.38 bits per heavy atom. The Balaban J connectivity index is 1.52. The van der Waals surface area contributed by atoms with Crippen LogP contribution in [0.5, 0.6) is 5.88 Å². The van der Waals surface area contributed by atoms with Gasteiger partial charge in [-0.1, -0.05) is 19.1 Å². The fourth-order valence-corrected chi connectivity index (χ4v) is 5.10. The SMILES string of the molecule is CC1CCc2c(sc3ncnc(OCC(=O)Nc4ccccc4I)c23)C1. The molecule has 0 spiro atoms. The van der Waals surface area contributed by atoms with E-state index in [-0.39, 0.29) is 12.5 Å². The molecule has 1 atom stereocenters. The van der Waals surface area contributed by atoms with Gasteiger partial charge >= 0.3 is 0 Å². The maximum atomic E-state index is 12.3. The molecular formula is C19H18IN3O2S. The smallest absolute Gasteiger partial charge is 0.262 e. The number of aryl methyl sites for hydroxylation is 1. The van der Waals surface area contributed by atoms with E-state index < -0.39 is 0 Å². The van der Waals surface area contributed by atoms with Crippen molar-refractivity contribution in [2.24, 2.45) is 5.92 Å². The normalized spacial score (nSPS) is 16.3. The number of carbonyl (C=O) groups is 1. The van der Waals surface area contributed by atoms with Gasteiger partial charge in [0.25, 0.3) is 5.91 Å². The molecule has 7 heteroatoms. The number of halogens is 1. The van der Waals surface area contributed by atoms with Gasteiger partial charge in [0.05, 0.1) is 11.1 Å². The van der Waals surface area contributed by atoms with E-state index in [0.717, 1.165) is 32.3 Å². The van der Waals surface area contributed by atoms with Gasteiger partial charge in [0, 0.05) is 8.45 Å². The van der Waals surface area contributed by atoms with Gasteiger partial charge in [0.15, 0.2) is 6.61 Å². The summed E-state index contributed by atoms with van der Waals surface area (Å²) in [5, 5.41) is 3.87. The summed E-state index contributed by atoms with van der Waals surface area (Å²) >= 11 is 3.92. The van der Waals surface area contributed by atoms with Crippen LogP contribution in [0.4, 0.5) is 5.69 Å². The number of hydrogen-bond donors (Lipinski definition) is 1. The van der Waals surface area contributed by atoms with E-state index in [0.29, 0.717) is 11.8 Å². The van der Waals surface area contributed by atoms with E-state index in [4.69, 9.17) is 4.74 Å². The summed E-state index contributed by atoms with van der Waals surface area (Å²) in [6.45, 7) is 2.21. The quantitative estimate of drug-likeness (QED) is 0.563. The Morgan fingerprint density at radius 3 is 3.08 bits per heavy atom. The number of nitrogens with zero attached hydrogens (tertiary/aromatic N) is 2. The number of fused-ring (bicyclic) bond motifs is 3. The summed E-state index contributed by atoms with van der Waals surface area (Å²) in [6, 6.07) is 7.65. The molecule has 4 rings (SSSR count). The first kappa shape index (κ1) is 17.7. The highest BCUT2D eigenvalue weighted by molar-refractivity contribution is 14.1. The minimum atomic E-state index is -0.196. The van der Waals surface area contributed by atoms with Gasteiger partial charge < -0.3 is 10.1 Å². The number of nitrogens with one attached hydrogen (secondary N) is 1. The second kappa shape index (κ2) is 7.48. The van der Waals surface area contributed by atoms with E-state index in [1.54, 1.807) is 11.3 Å². The van der Waals surface area contributed by atoms with Crippen LogP contribution in [0.15, 0.2) is 30.6 Å². The lowest BCUT2D eigenvalue weighted by Gasteiger charge is -2.18. The van der Waals surface area contributed by atoms with Crippen molar-refractivity contribution in [1.29, 1.82) is 0 Å². The van der Waals surface area contributed by atoms with Crippen LogP contribution < -0.4 is 10.1 Å². The number of rotatable bonds is 4. The van der Waals surface area contributed by atoms with Crippen LogP contribution in [0.3, 0.4) is 0 Å². The molecule has 134 valence electrons. The number of aromatic nitrogens is 2. The third-order valence-corrected chi connectivity index (χ3v) is 6.65. The fourth-order valence-electron chi connectivity index (χ4n) is 3.24. The van der Waals surface area contributed by atoms with E-state index in [2.05, 4.69) is 44.8 Å². The first-order valence-electron chi connectivity index (χ1n) is 8.54. The van der Waals surface area contributed by atoms with Gasteiger partial charge in [0.1, 0.15) is 11.2 Å². The Labute approximate surface area is 169 Å². The molecule has 1 unspecified atom stereocenters. The van der Waals surface area contributed by atoms with Gasteiger partial charge in [-0.25, -0.2) is 9.97 Å². The van der Waals surface area contributed by atoms with Crippen LogP contribution in [-0.2, 0) is 17.6 Å². The van der Waals surface area contributed by atoms with Crippen molar-refractivity contribution in [2.45, 2.75) is 26.2 Å². The lowest BCUT2D eigenvalue weighted by molar-refractivity contribution is -0.118. The van der Waals surface area contributed by atoms with Gasteiger partial charge in [-0.05, 0) is 65.5 Å². The Morgan fingerprint density at radius 2 is 2.23 bits per heavy atom. The average molecular weight is 479 g/mol. The molecule has 2 heterocycles. The molecule has 5 nitrogen and oxygen atoms in total. The zero-order chi connectivity index (χ0) is 18.1. The summed E-state index contributed by atoms with van der Waals surface area (Å²) in [6.07, 6.45) is 4.79. The van der Waals surface area contributed by atoms with E-state index in [1.165, 1.54) is 23.2 Å². The van der Waals surface area contributed by atoms with Crippen LogP contribution in [0.25, 0.3) is 10.2 Å². The fraction of sp³-hybridized carbons (Fsp3) is 0.316. The van der Waals surface area contributed by atoms with Crippen LogP contribution in [0.2, 0.25) is 0 Å². The molecule has 1 amide bonds. The Kier molecular flexibility index (Phi) is 5.08. The van der Waals surface area contributed by atoms with E-state index in [9.17, 15) is 4.79 Å². The predicted octanol–water partition coefficient (Wildman–Crippen LogP) is 4.44. The predicted molar refractivity (Wildman–Crippen MR) is 112 cm³/mol. The highest BCUT2D eigenvalue weighted by Crippen LogP contribution is 2.40. The zero-order valence-electron chi connectivity index (χ0n) is 14.3. The number of ether oxygens (including phenoxy) is 1. The number of hydrogen-bond acceptors (Lipinski definition) is 5. The van der Waals surface area contributed by atoms with Crippen molar-refractivity contribution in [3.05, 3.63) is 44.6 Å². The summed E-state index contributed by atoms with van der Waals surface area (Å²) in [4.78, 5) is 23.3. The highest BCUT2D eigenvalue weighted by atomic mass is 127. The van der Waals surface area contributed by atoms with Crippen molar-refractivity contribution < 1.29 is 9.53 Å². The second-order valence-corrected chi connectivity index (χ2v) is 8.77. The molecule has 0 saturated carbocycles. The molecule has 0 bridgehead atoms. The number of amides is 1. The molecular weight excluding hydrogens is 461 g/mol. The summed E-state index contributed by atoms with van der Waals surface area (Å²) in [5.41, 5.74) is 2.09. The molecule has 0 fully saturated rings. The Hall–Kier alpha value is -1.74. The number of para-hydroxylation sites is 1. The molecule has 1 aliphatic carbocycles. The minimum Gasteiger partial charge on any atom is -0.467 e. The van der Waals surface area contributed by atoms with Crippen LogP contribution in [0, 0.1) is 9.49 Å². The van der Waals surface area contributed by atoms with Crippen LogP contribution in [0.1, 0.15) is 23.8 Å². The molecule has 2 aromatic heterocycles. The zero-order valence-corrected chi connectivity index (χ0v) is 17.3. The molecule has 0 aliphatic heterocycles. The van der Waals surface area contributed by atoms with Gasteiger partial charge in [-0.2, -0.15) is 0 Å².